The minimum atomic E-state index is -0.805. The van der Waals surface area contributed by atoms with Gasteiger partial charge in [0.05, 0.1) is 0 Å². The van der Waals surface area contributed by atoms with Gasteiger partial charge >= 0.3 is 0 Å². The lowest BCUT2D eigenvalue weighted by atomic mass is 9.88. The Morgan fingerprint density at radius 2 is 1.78 bits per heavy atom. The third-order valence-electron chi connectivity index (χ3n) is 4.50. The van der Waals surface area contributed by atoms with Gasteiger partial charge in [0.15, 0.2) is 5.78 Å². The lowest BCUT2D eigenvalue weighted by molar-refractivity contribution is -0.130. The summed E-state index contributed by atoms with van der Waals surface area (Å²) in [7, 11) is 0. The molecule has 1 saturated heterocycles. The number of hydrogen-bond acceptors (Lipinski definition) is 2. The van der Waals surface area contributed by atoms with E-state index in [2.05, 4.69) is 0 Å². The van der Waals surface area contributed by atoms with Crippen molar-refractivity contribution in [1.82, 2.24) is 4.90 Å². The number of carbonyl (C=O) groups is 2. The molecule has 0 radical (unpaired) electrons. The van der Waals surface area contributed by atoms with Crippen molar-refractivity contribution in [2.24, 2.45) is 0 Å². The van der Waals surface area contributed by atoms with Gasteiger partial charge in [-0.15, -0.1) is 0 Å². The summed E-state index contributed by atoms with van der Waals surface area (Å²) >= 11 is 5.89. The molecule has 1 aliphatic rings. The molecule has 1 atom stereocenters. The molecule has 3 nitrogen and oxygen atoms in total. The van der Waals surface area contributed by atoms with Gasteiger partial charge in [-0.3, -0.25) is 9.59 Å². The molecule has 0 aromatic heterocycles. The second-order valence-corrected chi connectivity index (χ2v) is 6.51. The molecule has 0 saturated carbocycles. The van der Waals surface area contributed by atoms with E-state index in [-0.39, 0.29) is 11.7 Å². The summed E-state index contributed by atoms with van der Waals surface area (Å²) in [6.07, 6.45) is 0.947. The van der Waals surface area contributed by atoms with Gasteiger partial charge in [-0.1, -0.05) is 41.9 Å². The molecule has 2 aromatic carbocycles. The van der Waals surface area contributed by atoms with Crippen molar-refractivity contribution in [1.29, 1.82) is 0 Å². The fraction of sp³-hybridized carbons (Fsp3) is 0.263. The molecular weight excluding hydrogens is 310 g/mol. The number of nitrogens with zero attached hydrogens (tertiary/aromatic N) is 1. The van der Waals surface area contributed by atoms with Crippen LogP contribution in [-0.4, -0.2) is 22.1 Å². The number of amides is 1. The number of rotatable bonds is 4. The molecule has 1 heterocycles. The van der Waals surface area contributed by atoms with Gasteiger partial charge in [-0.2, -0.15) is 0 Å². The van der Waals surface area contributed by atoms with Gasteiger partial charge < -0.3 is 4.90 Å². The molecule has 0 bridgehead atoms. The molecule has 0 aliphatic carbocycles. The highest BCUT2D eigenvalue weighted by atomic mass is 35.5. The topological polar surface area (TPSA) is 37.4 Å². The molecule has 0 spiro atoms. The van der Waals surface area contributed by atoms with E-state index in [0.29, 0.717) is 30.0 Å². The van der Waals surface area contributed by atoms with Crippen LogP contribution in [0.4, 0.5) is 0 Å². The highest BCUT2D eigenvalue weighted by molar-refractivity contribution is 6.30. The van der Waals surface area contributed by atoms with Gasteiger partial charge in [0.1, 0.15) is 5.54 Å². The number of Topliss-reactive ketones (excluding diaryl/α,β-unsaturated/α-hetero) is 1. The van der Waals surface area contributed by atoms with Crippen molar-refractivity contribution in [3.05, 3.63) is 70.7 Å². The summed E-state index contributed by atoms with van der Waals surface area (Å²) in [5, 5.41) is 0.593. The maximum Gasteiger partial charge on any atom is 0.223 e. The Morgan fingerprint density at radius 1 is 1.13 bits per heavy atom. The molecular formula is C19H18ClNO2. The zero-order valence-corrected chi connectivity index (χ0v) is 13.7. The van der Waals surface area contributed by atoms with E-state index >= 15 is 0 Å². The molecule has 4 heteroatoms. The first-order valence-electron chi connectivity index (χ1n) is 7.65. The van der Waals surface area contributed by atoms with Crippen molar-refractivity contribution < 1.29 is 9.59 Å². The maximum absolute atomic E-state index is 13.0. The first-order valence-corrected chi connectivity index (χ1v) is 8.03. The standard InChI is InChI=1S/C19H18ClNO2/c1-19(18(23)15-7-9-16(20)10-8-15)12-11-17(22)21(19)13-14-5-3-2-4-6-14/h2-10H,11-13H2,1H3. The Balaban J connectivity index is 1.90. The molecule has 1 aliphatic heterocycles. The third kappa shape index (κ3) is 3.02. The van der Waals surface area contributed by atoms with Crippen LogP contribution in [0.2, 0.25) is 5.02 Å². The Kier molecular flexibility index (Phi) is 4.22. The van der Waals surface area contributed by atoms with E-state index < -0.39 is 5.54 Å². The fourth-order valence-corrected chi connectivity index (χ4v) is 3.20. The van der Waals surface area contributed by atoms with Crippen molar-refractivity contribution in [2.75, 3.05) is 0 Å². The van der Waals surface area contributed by atoms with Crippen LogP contribution >= 0.6 is 11.6 Å². The van der Waals surface area contributed by atoms with Crippen LogP contribution in [0.5, 0.6) is 0 Å². The predicted molar refractivity (Wildman–Crippen MR) is 90.4 cm³/mol. The van der Waals surface area contributed by atoms with Gasteiger partial charge in [0.2, 0.25) is 5.91 Å². The SMILES string of the molecule is CC1(C(=O)c2ccc(Cl)cc2)CCC(=O)N1Cc1ccccc1. The van der Waals surface area contributed by atoms with Crippen molar-refractivity contribution in [3.8, 4) is 0 Å². The van der Waals surface area contributed by atoms with E-state index in [1.54, 1.807) is 29.2 Å². The number of halogens is 1. The van der Waals surface area contributed by atoms with Crippen LogP contribution in [0.15, 0.2) is 54.6 Å². The normalized spacial score (nSPS) is 20.8. The molecule has 1 amide bonds. The van der Waals surface area contributed by atoms with Crippen LogP contribution in [0, 0.1) is 0 Å². The van der Waals surface area contributed by atoms with Gasteiger partial charge in [0.25, 0.3) is 0 Å². The lowest BCUT2D eigenvalue weighted by Crippen LogP contribution is -2.49. The van der Waals surface area contributed by atoms with Crippen LogP contribution in [0.3, 0.4) is 0 Å². The monoisotopic (exact) mass is 327 g/mol. The van der Waals surface area contributed by atoms with E-state index in [1.165, 1.54) is 0 Å². The summed E-state index contributed by atoms with van der Waals surface area (Å²) in [6, 6.07) is 16.6. The first-order chi connectivity index (χ1) is 11.0. The van der Waals surface area contributed by atoms with E-state index in [1.807, 2.05) is 37.3 Å². The summed E-state index contributed by atoms with van der Waals surface area (Å²) < 4.78 is 0. The number of carbonyl (C=O) groups excluding carboxylic acids is 2. The van der Waals surface area contributed by atoms with Gasteiger partial charge in [0, 0.05) is 23.6 Å². The van der Waals surface area contributed by atoms with E-state index in [4.69, 9.17) is 11.6 Å². The summed E-state index contributed by atoms with van der Waals surface area (Å²) in [4.78, 5) is 27.0. The minimum Gasteiger partial charge on any atom is -0.326 e. The number of likely N-dealkylation sites (tertiary alicyclic amines) is 1. The van der Waals surface area contributed by atoms with Crippen LogP contribution in [-0.2, 0) is 11.3 Å². The summed E-state index contributed by atoms with van der Waals surface area (Å²) in [5.74, 6) is -0.00499. The quantitative estimate of drug-likeness (QED) is 0.793. The maximum atomic E-state index is 13.0. The Bertz CT molecular complexity index is 727. The number of benzene rings is 2. The lowest BCUT2D eigenvalue weighted by Gasteiger charge is -2.34. The fourth-order valence-electron chi connectivity index (χ4n) is 3.07. The average molecular weight is 328 g/mol. The van der Waals surface area contributed by atoms with Gasteiger partial charge in [-0.25, -0.2) is 0 Å². The Hall–Kier alpha value is -2.13. The Morgan fingerprint density at radius 3 is 2.43 bits per heavy atom. The van der Waals surface area contributed by atoms with Gasteiger partial charge in [-0.05, 0) is 43.2 Å². The first kappa shape index (κ1) is 15.8. The largest absolute Gasteiger partial charge is 0.326 e. The smallest absolute Gasteiger partial charge is 0.223 e. The molecule has 2 aromatic rings. The van der Waals surface area contributed by atoms with Crippen molar-refractivity contribution >= 4 is 23.3 Å². The van der Waals surface area contributed by atoms with Crippen molar-refractivity contribution in [3.63, 3.8) is 0 Å². The second kappa shape index (κ2) is 6.17. The van der Waals surface area contributed by atoms with Crippen LogP contribution in [0.1, 0.15) is 35.7 Å². The number of ketones is 1. The summed E-state index contributed by atoms with van der Waals surface area (Å²) in [5.41, 5.74) is 0.809. The minimum absolute atomic E-state index is 0.0265. The predicted octanol–water partition coefficient (Wildman–Crippen LogP) is 4.10. The molecule has 3 rings (SSSR count). The Labute approximate surface area is 140 Å². The van der Waals surface area contributed by atoms with Crippen molar-refractivity contribution in [2.45, 2.75) is 31.8 Å². The second-order valence-electron chi connectivity index (χ2n) is 6.08. The van der Waals surface area contributed by atoms with E-state index in [9.17, 15) is 9.59 Å². The molecule has 23 heavy (non-hydrogen) atoms. The third-order valence-corrected chi connectivity index (χ3v) is 4.75. The zero-order valence-electron chi connectivity index (χ0n) is 13.0. The molecule has 0 N–H and O–H groups in total. The highest BCUT2D eigenvalue weighted by Crippen LogP contribution is 2.34. The van der Waals surface area contributed by atoms with Crippen LogP contribution < -0.4 is 0 Å². The zero-order chi connectivity index (χ0) is 16.4. The highest BCUT2D eigenvalue weighted by Gasteiger charge is 2.47. The van der Waals surface area contributed by atoms with E-state index in [0.717, 1.165) is 5.56 Å². The molecule has 1 fully saturated rings. The average Bonchev–Trinajstić information content (AvgIpc) is 2.85. The molecule has 118 valence electrons. The summed E-state index contributed by atoms with van der Waals surface area (Å²) in [6.45, 7) is 2.31. The number of hydrogen-bond donors (Lipinski definition) is 0. The van der Waals surface area contributed by atoms with Crippen LogP contribution in [0.25, 0.3) is 0 Å². The molecule has 1 unspecified atom stereocenters.